The molecule has 0 aromatic heterocycles. The molecule has 3 nitrogen and oxygen atoms in total. The molecule has 1 amide bonds. The van der Waals surface area contributed by atoms with E-state index < -0.39 is 0 Å². The van der Waals surface area contributed by atoms with Crippen LogP contribution in [0, 0.1) is 17.8 Å². The second-order valence-electron chi connectivity index (χ2n) is 5.67. The second-order valence-corrected chi connectivity index (χ2v) is 5.67. The highest BCUT2D eigenvalue weighted by atomic mass is 16.1. The van der Waals surface area contributed by atoms with Crippen LogP contribution in [0.25, 0.3) is 0 Å². The van der Waals surface area contributed by atoms with Gasteiger partial charge >= 0.3 is 0 Å². The molecule has 0 saturated heterocycles. The third-order valence-electron chi connectivity index (χ3n) is 3.96. The van der Waals surface area contributed by atoms with Crippen LogP contribution in [-0.4, -0.2) is 19.0 Å². The lowest BCUT2D eigenvalue weighted by Crippen LogP contribution is -2.38. The molecule has 1 fully saturated rings. The van der Waals surface area contributed by atoms with Gasteiger partial charge in [0.25, 0.3) is 0 Å². The van der Waals surface area contributed by atoms with Crippen molar-refractivity contribution in [3.8, 4) is 0 Å². The van der Waals surface area contributed by atoms with Crippen LogP contribution in [0.2, 0.25) is 0 Å². The average molecular weight is 240 g/mol. The van der Waals surface area contributed by atoms with Crippen molar-refractivity contribution in [2.45, 2.75) is 52.4 Å². The lowest BCUT2D eigenvalue weighted by molar-refractivity contribution is -0.125. The summed E-state index contributed by atoms with van der Waals surface area (Å²) in [6, 6.07) is 0. The summed E-state index contributed by atoms with van der Waals surface area (Å²) in [7, 11) is 0. The minimum atomic E-state index is -0.0264. The summed E-state index contributed by atoms with van der Waals surface area (Å²) in [5.74, 6) is 1.35. The minimum Gasteiger partial charge on any atom is -0.356 e. The largest absolute Gasteiger partial charge is 0.356 e. The van der Waals surface area contributed by atoms with Gasteiger partial charge in [0, 0.05) is 13.1 Å². The summed E-state index contributed by atoms with van der Waals surface area (Å²) in [6.07, 6.45) is 7.98. The Morgan fingerprint density at radius 3 is 2.53 bits per heavy atom. The Morgan fingerprint density at radius 2 is 2.00 bits per heavy atom. The minimum absolute atomic E-state index is 0.0264. The van der Waals surface area contributed by atoms with Gasteiger partial charge in [-0.3, -0.25) is 4.79 Å². The number of amides is 1. The normalized spacial score (nSPS) is 18.6. The number of rotatable bonds is 7. The summed E-state index contributed by atoms with van der Waals surface area (Å²) in [4.78, 5) is 11.8. The Morgan fingerprint density at radius 1 is 1.35 bits per heavy atom. The van der Waals surface area contributed by atoms with Crippen molar-refractivity contribution in [2.24, 2.45) is 23.5 Å². The number of carbonyl (C=O) groups excluding carboxylic acids is 1. The maximum absolute atomic E-state index is 11.8. The van der Waals surface area contributed by atoms with Gasteiger partial charge in [0.2, 0.25) is 5.91 Å². The molecular weight excluding hydrogens is 212 g/mol. The zero-order valence-electron chi connectivity index (χ0n) is 11.4. The first-order valence-electron chi connectivity index (χ1n) is 7.13. The van der Waals surface area contributed by atoms with Crippen molar-refractivity contribution in [1.82, 2.24) is 5.32 Å². The van der Waals surface area contributed by atoms with E-state index in [4.69, 9.17) is 5.73 Å². The van der Waals surface area contributed by atoms with Crippen molar-refractivity contribution in [1.29, 1.82) is 0 Å². The van der Waals surface area contributed by atoms with Gasteiger partial charge in [0.1, 0.15) is 0 Å². The molecule has 1 aliphatic rings. The van der Waals surface area contributed by atoms with E-state index in [2.05, 4.69) is 19.2 Å². The SMILES string of the molecule is CC(C)C(CN)C(=O)NCCCC1CCCC1. The van der Waals surface area contributed by atoms with Gasteiger partial charge in [0.05, 0.1) is 5.92 Å². The van der Waals surface area contributed by atoms with E-state index in [1.807, 2.05) is 0 Å². The summed E-state index contributed by atoms with van der Waals surface area (Å²) in [6.45, 7) is 5.37. The Bertz CT molecular complexity index is 222. The molecule has 0 aliphatic heterocycles. The molecule has 100 valence electrons. The number of carbonyl (C=O) groups is 1. The van der Waals surface area contributed by atoms with E-state index in [0.29, 0.717) is 12.5 Å². The molecule has 0 radical (unpaired) electrons. The fraction of sp³-hybridized carbons (Fsp3) is 0.929. The fourth-order valence-corrected chi connectivity index (χ4v) is 2.71. The highest BCUT2D eigenvalue weighted by molar-refractivity contribution is 5.79. The number of hydrogen-bond acceptors (Lipinski definition) is 2. The summed E-state index contributed by atoms with van der Waals surface area (Å²) in [5, 5.41) is 3.02. The molecule has 1 aliphatic carbocycles. The zero-order chi connectivity index (χ0) is 12.7. The topological polar surface area (TPSA) is 55.1 Å². The highest BCUT2D eigenvalue weighted by Crippen LogP contribution is 2.28. The Hall–Kier alpha value is -0.570. The lowest BCUT2D eigenvalue weighted by Gasteiger charge is -2.18. The van der Waals surface area contributed by atoms with Gasteiger partial charge in [-0.2, -0.15) is 0 Å². The first-order chi connectivity index (χ1) is 8.15. The van der Waals surface area contributed by atoms with Crippen LogP contribution < -0.4 is 11.1 Å². The third-order valence-corrected chi connectivity index (χ3v) is 3.96. The molecule has 1 atom stereocenters. The lowest BCUT2D eigenvalue weighted by atomic mass is 9.95. The monoisotopic (exact) mass is 240 g/mol. The average Bonchev–Trinajstić information content (AvgIpc) is 2.77. The molecule has 0 spiro atoms. The molecule has 3 heteroatoms. The standard InChI is InChI=1S/C14H28N2O/c1-11(2)13(10-15)14(17)16-9-5-8-12-6-3-4-7-12/h11-13H,3-10,15H2,1-2H3,(H,16,17). The first kappa shape index (κ1) is 14.5. The van der Waals surface area contributed by atoms with Gasteiger partial charge in [-0.15, -0.1) is 0 Å². The summed E-state index contributed by atoms with van der Waals surface area (Å²) in [5.41, 5.74) is 5.62. The second kappa shape index (κ2) is 7.70. The van der Waals surface area contributed by atoms with Crippen LogP contribution >= 0.6 is 0 Å². The van der Waals surface area contributed by atoms with Crippen LogP contribution in [0.5, 0.6) is 0 Å². The Balaban J connectivity index is 2.10. The number of hydrogen-bond donors (Lipinski definition) is 2. The van der Waals surface area contributed by atoms with Gasteiger partial charge in [-0.05, 0) is 24.7 Å². The molecule has 1 unspecified atom stereocenters. The van der Waals surface area contributed by atoms with Crippen LogP contribution in [0.1, 0.15) is 52.4 Å². The van der Waals surface area contributed by atoms with E-state index in [1.54, 1.807) is 0 Å². The number of nitrogens with two attached hydrogens (primary N) is 1. The van der Waals surface area contributed by atoms with Crippen molar-refractivity contribution in [3.63, 3.8) is 0 Å². The molecule has 0 aromatic rings. The van der Waals surface area contributed by atoms with Crippen LogP contribution in [0.3, 0.4) is 0 Å². The van der Waals surface area contributed by atoms with Crippen LogP contribution in [0.15, 0.2) is 0 Å². The fourth-order valence-electron chi connectivity index (χ4n) is 2.71. The molecule has 3 N–H and O–H groups in total. The molecular formula is C14H28N2O. The van der Waals surface area contributed by atoms with E-state index in [-0.39, 0.29) is 11.8 Å². The predicted molar refractivity (Wildman–Crippen MR) is 71.6 cm³/mol. The first-order valence-corrected chi connectivity index (χ1v) is 7.13. The molecule has 1 rings (SSSR count). The predicted octanol–water partition coefficient (Wildman–Crippen LogP) is 2.30. The maximum Gasteiger partial charge on any atom is 0.224 e. The molecule has 1 saturated carbocycles. The van der Waals surface area contributed by atoms with E-state index >= 15 is 0 Å². The quantitative estimate of drug-likeness (QED) is 0.671. The molecule has 0 aromatic carbocycles. The van der Waals surface area contributed by atoms with Gasteiger partial charge in [-0.1, -0.05) is 39.5 Å². The number of nitrogens with one attached hydrogen (secondary N) is 1. The van der Waals surface area contributed by atoms with E-state index in [1.165, 1.54) is 32.1 Å². The van der Waals surface area contributed by atoms with Gasteiger partial charge in [-0.25, -0.2) is 0 Å². The van der Waals surface area contributed by atoms with Crippen molar-refractivity contribution >= 4 is 5.91 Å². The van der Waals surface area contributed by atoms with Crippen molar-refractivity contribution in [3.05, 3.63) is 0 Å². The third kappa shape index (κ3) is 5.07. The van der Waals surface area contributed by atoms with Crippen molar-refractivity contribution < 1.29 is 4.79 Å². The molecule has 0 bridgehead atoms. The Labute approximate surface area is 106 Å². The van der Waals surface area contributed by atoms with Crippen LogP contribution in [-0.2, 0) is 4.79 Å². The van der Waals surface area contributed by atoms with Crippen molar-refractivity contribution in [2.75, 3.05) is 13.1 Å². The smallest absolute Gasteiger partial charge is 0.224 e. The summed E-state index contributed by atoms with van der Waals surface area (Å²) >= 11 is 0. The maximum atomic E-state index is 11.8. The van der Waals surface area contributed by atoms with E-state index in [0.717, 1.165) is 18.9 Å². The van der Waals surface area contributed by atoms with Gasteiger partial charge < -0.3 is 11.1 Å². The van der Waals surface area contributed by atoms with E-state index in [9.17, 15) is 4.79 Å². The zero-order valence-corrected chi connectivity index (χ0v) is 11.4. The highest BCUT2D eigenvalue weighted by Gasteiger charge is 2.20. The molecule has 0 heterocycles. The summed E-state index contributed by atoms with van der Waals surface area (Å²) < 4.78 is 0. The molecule has 17 heavy (non-hydrogen) atoms. The van der Waals surface area contributed by atoms with Gasteiger partial charge in [0.15, 0.2) is 0 Å². The van der Waals surface area contributed by atoms with Crippen LogP contribution in [0.4, 0.5) is 0 Å². The Kier molecular flexibility index (Phi) is 6.56.